The summed E-state index contributed by atoms with van der Waals surface area (Å²) in [7, 11) is 0. The van der Waals surface area contributed by atoms with Crippen LogP contribution in [-0.4, -0.2) is 35.8 Å². The van der Waals surface area contributed by atoms with E-state index in [1.54, 1.807) is 0 Å². The molecular weight excluding hydrogens is 488 g/mol. The molecule has 3 rings (SSSR count). The summed E-state index contributed by atoms with van der Waals surface area (Å²) in [6.45, 7) is 11.2. The van der Waals surface area contributed by atoms with Gasteiger partial charge in [-0.05, 0) is 49.9 Å². The first-order valence-corrected chi connectivity index (χ1v) is 16.4. The Kier molecular flexibility index (Phi) is 12.1. The van der Waals surface area contributed by atoms with Gasteiger partial charge in [0.1, 0.15) is 17.5 Å². The van der Waals surface area contributed by atoms with E-state index in [0.717, 1.165) is 38.5 Å². The average molecular weight is 547 g/mol. The molecule has 1 aliphatic heterocycles. The number of Topliss-reactive ketones (excluding diaryl/α,β-unsaturated/α-hetero) is 2. The van der Waals surface area contributed by atoms with Crippen LogP contribution in [0.1, 0.15) is 157 Å². The van der Waals surface area contributed by atoms with Crippen molar-refractivity contribution in [1.82, 2.24) is 0 Å². The molecule has 2 aliphatic carbocycles. The third-order valence-electron chi connectivity index (χ3n) is 10.4. The highest BCUT2D eigenvalue weighted by molar-refractivity contribution is 5.92. The standard InChI is InChI=1S/C34H58O5/c1-6-7-8-9-10-11-12-13-14-15-16-20-26(35)21-17-18-22-28(36)38-25-27-33(4)24-19-23-32(2,3)30(33)29(37)31-34(27,5)39-31/h27,30-31H,6-25H2,1-5H3. The van der Waals surface area contributed by atoms with Crippen LogP contribution in [0.3, 0.4) is 0 Å². The topological polar surface area (TPSA) is 73.0 Å². The molecule has 3 fully saturated rings. The molecule has 0 aromatic heterocycles. The van der Waals surface area contributed by atoms with Gasteiger partial charge in [0.25, 0.3) is 0 Å². The van der Waals surface area contributed by atoms with Crippen molar-refractivity contribution in [1.29, 1.82) is 0 Å². The number of carbonyl (C=O) groups excluding carboxylic acids is 3. The van der Waals surface area contributed by atoms with Gasteiger partial charge < -0.3 is 9.47 Å². The first kappa shape index (κ1) is 32.3. The van der Waals surface area contributed by atoms with Crippen LogP contribution in [0.15, 0.2) is 0 Å². The smallest absolute Gasteiger partial charge is 0.305 e. The Hall–Kier alpha value is -1.23. The number of carbonyl (C=O) groups is 3. The lowest BCUT2D eigenvalue weighted by molar-refractivity contribution is -0.158. The molecule has 0 aromatic carbocycles. The molecule has 0 radical (unpaired) electrons. The highest BCUT2D eigenvalue weighted by Gasteiger charge is 2.74. The number of fused-ring (bicyclic) bond motifs is 2. The molecule has 0 N–H and O–H groups in total. The molecule has 39 heavy (non-hydrogen) atoms. The van der Waals surface area contributed by atoms with Gasteiger partial charge in [-0.2, -0.15) is 0 Å². The summed E-state index contributed by atoms with van der Waals surface area (Å²) in [6, 6.07) is 0. The zero-order valence-corrected chi connectivity index (χ0v) is 25.9. The number of ether oxygens (including phenoxy) is 2. The van der Waals surface area contributed by atoms with Crippen LogP contribution in [0.25, 0.3) is 0 Å². The van der Waals surface area contributed by atoms with Crippen molar-refractivity contribution in [2.75, 3.05) is 6.61 Å². The van der Waals surface area contributed by atoms with Crippen LogP contribution in [0.5, 0.6) is 0 Å². The van der Waals surface area contributed by atoms with Crippen molar-refractivity contribution >= 4 is 17.5 Å². The van der Waals surface area contributed by atoms with E-state index in [-0.39, 0.29) is 40.5 Å². The van der Waals surface area contributed by atoms with Crippen molar-refractivity contribution < 1.29 is 23.9 Å². The van der Waals surface area contributed by atoms with Crippen LogP contribution in [-0.2, 0) is 23.9 Å². The summed E-state index contributed by atoms with van der Waals surface area (Å²) in [6.07, 6.45) is 20.0. The number of unbranched alkanes of at least 4 members (excludes halogenated alkanes) is 11. The minimum atomic E-state index is -0.503. The SMILES string of the molecule is CCCCCCCCCCCCCC(=O)CCCCC(=O)OCC1C2(C)CCCC(C)(C)C2C(=O)C2OC21C. The Labute approximate surface area is 238 Å². The number of hydrogen-bond acceptors (Lipinski definition) is 5. The molecule has 0 spiro atoms. The predicted molar refractivity (Wildman–Crippen MR) is 157 cm³/mol. The van der Waals surface area contributed by atoms with Crippen molar-refractivity contribution in [2.45, 2.75) is 168 Å². The van der Waals surface area contributed by atoms with Crippen LogP contribution >= 0.6 is 0 Å². The summed E-state index contributed by atoms with van der Waals surface area (Å²) in [5, 5.41) is 0. The molecule has 5 atom stereocenters. The van der Waals surface area contributed by atoms with Gasteiger partial charge in [0.05, 0.1) is 6.61 Å². The summed E-state index contributed by atoms with van der Waals surface area (Å²) >= 11 is 0. The molecular formula is C34H58O5. The van der Waals surface area contributed by atoms with Crippen LogP contribution in [0.4, 0.5) is 0 Å². The summed E-state index contributed by atoms with van der Waals surface area (Å²) < 4.78 is 11.8. The molecule has 2 saturated carbocycles. The number of epoxide rings is 1. The summed E-state index contributed by atoms with van der Waals surface area (Å²) in [4.78, 5) is 38.1. The lowest BCUT2D eigenvalue weighted by Gasteiger charge is -2.56. The minimum absolute atomic E-state index is 0.0357. The van der Waals surface area contributed by atoms with Crippen LogP contribution in [0.2, 0.25) is 0 Å². The Morgan fingerprint density at radius 1 is 0.795 bits per heavy atom. The fourth-order valence-electron chi connectivity index (χ4n) is 8.13. The lowest BCUT2D eigenvalue weighted by atomic mass is 9.46. The van der Waals surface area contributed by atoms with Crippen molar-refractivity contribution in [3.8, 4) is 0 Å². The van der Waals surface area contributed by atoms with Gasteiger partial charge in [-0.25, -0.2) is 0 Å². The lowest BCUT2D eigenvalue weighted by Crippen LogP contribution is -2.60. The number of esters is 1. The maximum absolute atomic E-state index is 13.3. The number of rotatable bonds is 19. The largest absolute Gasteiger partial charge is 0.465 e. The van der Waals surface area contributed by atoms with Gasteiger partial charge in [-0.15, -0.1) is 0 Å². The second-order valence-electron chi connectivity index (χ2n) is 14.1. The monoisotopic (exact) mass is 546 g/mol. The third kappa shape index (κ3) is 8.39. The first-order chi connectivity index (χ1) is 18.6. The van der Waals surface area contributed by atoms with E-state index >= 15 is 0 Å². The van der Waals surface area contributed by atoms with E-state index in [2.05, 4.69) is 27.7 Å². The second-order valence-corrected chi connectivity index (χ2v) is 14.1. The molecule has 224 valence electrons. The molecule has 0 bridgehead atoms. The molecule has 0 aromatic rings. The zero-order valence-electron chi connectivity index (χ0n) is 25.9. The number of hydrogen-bond donors (Lipinski definition) is 0. The van der Waals surface area contributed by atoms with Crippen molar-refractivity contribution in [2.24, 2.45) is 22.7 Å². The first-order valence-electron chi connectivity index (χ1n) is 16.4. The molecule has 5 unspecified atom stereocenters. The Morgan fingerprint density at radius 2 is 1.33 bits per heavy atom. The van der Waals surface area contributed by atoms with Crippen LogP contribution < -0.4 is 0 Å². The average Bonchev–Trinajstić information content (AvgIpc) is 3.57. The van der Waals surface area contributed by atoms with Gasteiger partial charge in [-0.1, -0.05) is 98.3 Å². The Balaban J connectivity index is 1.25. The highest BCUT2D eigenvalue weighted by atomic mass is 16.6. The van der Waals surface area contributed by atoms with E-state index in [9.17, 15) is 14.4 Å². The van der Waals surface area contributed by atoms with E-state index in [1.807, 2.05) is 6.92 Å². The molecule has 5 nitrogen and oxygen atoms in total. The van der Waals surface area contributed by atoms with Crippen LogP contribution in [0, 0.1) is 22.7 Å². The molecule has 5 heteroatoms. The normalized spacial score (nSPS) is 30.9. The van der Waals surface area contributed by atoms with E-state index in [0.29, 0.717) is 38.1 Å². The molecule has 1 saturated heterocycles. The minimum Gasteiger partial charge on any atom is -0.465 e. The maximum Gasteiger partial charge on any atom is 0.305 e. The van der Waals surface area contributed by atoms with Gasteiger partial charge in [0.2, 0.25) is 0 Å². The third-order valence-corrected chi connectivity index (χ3v) is 10.4. The second kappa shape index (κ2) is 14.6. The summed E-state index contributed by atoms with van der Waals surface area (Å²) in [5.41, 5.74) is -0.766. The maximum atomic E-state index is 13.3. The molecule has 1 heterocycles. The molecule has 0 amide bonds. The highest BCUT2D eigenvalue weighted by Crippen LogP contribution is 2.66. The van der Waals surface area contributed by atoms with Gasteiger partial charge in [-0.3, -0.25) is 14.4 Å². The fourth-order valence-corrected chi connectivity index (χ4v) is 8.13. The summed E-state index contributed by atoms with van der Waals surface area (Å²) in [5.74, 6) is 0.378. The Morgan fingerprint density at radius 3 is 1.95 bits per heavy atom. The van der Waals surface area contributed by atoms with E-state index < -0.39 is 5.60 Å². The van der Waals surface area contributed by atoms with Gasteiger partial charge in [0.15, 0.2) is 5.78 Å². The number of ketones is 2. The van der Waals surface area contributed by atoms with Gasteiger partial charge >= 0.3 is 5.97 Å². The Bertz CT molecular complexity index is 818. The van der Waals surface area contributed by atoms with Crippen molar-refractivity contribution in [3.05, 3.63) is 0 Å². The predicted octanol–water partition coefficient (Wildman–Crippen LogP) is 8.55. The van der Waals surface area contributed by atoms with Gasteiger partial charge in [0, 0.05) is 31.1 Å². The van der Waals surface area contributed by atoms with E-state index in [1.165, 1.54) is 57.8 Å². The van der Waals surface area contributed by atoms with E-state index in [4.69, 9.17) is 9.47 Å². The fraction of sp³-hybridized carbons (Fsp3) is 0.912. The molecule has 3 aliphatic rings. The zero-order chi connectivity index (χ0) is 28.5. The quantitative estimate of drug-likeness (QED) is 0.0922. The van der Waals surface area contributed by atoms with Crippen molar-refractivity contribution in [3.63, 3.8) is 0 Å².